The summed E-state index contributed by atoms with van der Waals surface area (Å²) in [5.41, 5.74) is 1.32. The molecule has 0 spiro atoms. The molecule has 3 heteroatoms. The average molecular weight is 249 g/mol. The third-order valence-electron chi connectivity index (χ3n) is 2.78. The first kappa shape index (κ1) is 12.5. The minimum absolute atomic E-state index is 0.204. The van der Waals surface area contributed by atoms with E-state index < -0.39 is 0 Å². The van der Waals surface area contributed by atoms with Crippen LogP contribution in [0.5, 0.6) is 5.75 Å². The monoisotopic (exact) mass is 249 g/mol. The van der Waals surface area contributed by atoms with Crippen LogP contribution in [0.25, 0.3) is 0 Å². The van der Waals surface area contributed by atoms with Gasteiger partial charge in [0, 0.05) is 10.6 Å². The number of para-hydroxylation sites is 1. The van der Waals surface area contributed by atoms with Crippen LogP contribution >= 0.6 is 11.8 Å². The van der Waals surface area contributed by atoms with Crippen molar-refractivity contribution in [1.29, 1.82) is 0 Å². The molecule has 2 atom stereocenters. The molecule has 1 aromatic carbocycles. The number of nitrogens with one attached hydrogen (secondary N) is 1. The van der Waals surface area contributed by atoms with Crippen LogP contribution in [-0.4, -0.2) is 24.9 Å². The third kappa shape index (κ3) is 3.05. The number of allylic oxidation sites excluding steroid dienone is 1. The molecule has 0 amide bonds. The smallest absolute Gasteiger partial charge is 0.133 e. The molecule has 2 nitrogen and oxygen atoms in total. The molecule has 2 rings (SSSR count). The van der Waals surface area contributed by atoms with Crippen molar-refractivity contribution in [2.45, 2.75) is 30.9 Å². The van der Waals surface area contributed by atoms with Gasteiger partial charge in [-0.2, -0.15) is 0 Å². The van der Waals surface area contributed by atoms with Gasteiger partial charge in [-0.05, 0) is 33.0 Å². The standard InChI is InChI=1S/C14H19NOS/c1-10(2)8-11(15-3)13-9-17-14-7-5-4-6-12(14)16-13/h4-8,11,13,15H,9H2,1-3H3. The normalized spacial score (nSPS) is 20.1. The number of hydrogen-bond donors (Lipinski definition) is 1. The fourth-order valence-electron chi connectivity index (χ4n) is 1.95. The Bertz CT molecular complexity index is 412. The SMILES string of the molecule is CNC(C=C(C)C)C1CSc2ccccc2O1. The van der Waals surface area contributed by atoms with Gasteiger partial charge in [-0.25, -0.2) is 0 Å². The molecule has 0 saturated carbocycles. The first-order chi connectivity index (χ1) is 8.20. The Kier molecular flexibility index (Phi) is 4.13. The van der Waals surface area contributed by atoms with E-state index >= 15 is 0 Å². The molecule has 1 aromatic rings. The largest absolute Gasteiger partial charge is 0.486 e. The number of likely N-dealkylation sites (N-methyl/N-ethyl adjacent to an activating group) is 1. The summed E-state index contributed by atoms with van der Waals surface area (Å²) in [6.45, 7) is 4.24. The zero-order valence-corrected chi connectivity index (χ0v) is 11.4. The van der Waals surface area contributed by atoms with E-state index in [4.69, 9.17) is 4.74 Å². The molecule has 92 valence electrons. The Morgan fingerprint density at radius 2 is 2.24 bits per heavy atom. The van der Waals surface area contributed by atoms with Crippen LogP contribution in [0.2, 0.25) is 0 Å². The van der Waals surface area contributed by atoms with E-state index in [2.05, 4.69) is 37.4 Å². The first-order valence-electron chi connectivity index (χ1n) is 5.91. The lowest BCUT2D eigenvalue weighted by Crippen LogP contribution is -2.43. The quantitative estimate of drug-likeness (QED) is 0.832. The predicted molar refractivity (Wildman–Crippen MR) is 73.9 cm³/mol. The molecule has 0 radical (unpaired) electrons. The molecule has 1 N–H and O–H groups in total. The minimum atomic E-state index is 0.204. The van der Waals surface area contributed by atoms with Crippen LogP contribution in [0.4, 0.5) is 0 Å². The van der Waals surface area contributed by atoms with E-state index in [1.54, 1.807) is 0 Å². The van der Waals surface area contributed by atoms with Crippen LogP contribution in [0.1, 0.15) is 13.8 Å². The summed E-state index contributed by atoms with van der Waals surface area (Å²) in [5, 5.41) is 3.32. The Morgan fingerprint density at radius 1 is 1.47 bits per heavy atom. The summed E-state index contributed by atoms with van der Waals surface area (Å²) in [6, 6.07) is 8.52. The molecule has 1 aliphatic rings. The van der Waals surface area contributed by atoms with E-state index in [9.17, 15) is 0 Å². The maximum Gasteiger partial charge on any atom is 0.133 e. The van der Waals surface area contributed by atoms with E-state index in [-0.39, 0.29) is 12.1 Å². The van der Waals surface area contributed by atoms with Gasteiger partial charge in [0.1, 0.15) is 11.9 Å². The summed E-state index contributed by atoms with van der Waals surface area (Å²) in [6.07, 6.45) is 2.44. The van der Waals surface area contributed by atoms with Crippen LogP contribution in [0.15, 0.2) is 40.8 Å². The average Bonchev–Trinajstić information content (AvgIpc) is 2.35. The molecule has 2 unspecified atom stereocenters. The van der Waals surface area contributed by atoms with Crippen molar-refractivity contribution in [2.75, 3.05) is 12.8 Å². The second kappa shape index (κ2) is 5.61. The third-order valence-corrected chi connectivity index (χ3v) is 3.92. The number of hydrogen-bond acceptors (Lipinski definition) is 3. The Morgan fingerprint density at radius 3 is 2.94 bits per heavy atom. The predicted octanol–water partition coefficient (Wildman–Crippen LogP) is 3.09. The molecule has 0 bridgehead atoms. The molecule has 1 heterocycles. The van der Waals surface area contributed by atoms with Crippen molar-refractivity contribution in [3.63, 3.8) is 0 Å². The number of thioether (sulfide) groups is 1. The second-order valence-corrected chi connectivity index (χ2v) is 5.53. The highest BCUT2D eigenvalue weighted by Gasteiger charge is 2.25. The summed E-state index contributed by atoms with van der Waals surface area (Å²) >= 11 is 1.87. The van der Waals surface area contributed by atoms with Crippen molar-refractivity contribution in [3.8, 4) is 5.75 Å². The van der Waals surface area contributed by atoms with Crippen molar-refractivity contribution >= 4 is 11.8 Å². The number of ether oxygens (including phenoxy) is 1. The van der Waals surface area contributed by atoms with Gasteiger partial charge in [-0.1, -0.05) is 23.8 Å². The Hall–Kier alpha value is -0.930. The summed E-state index contributed by atoms with van der Waals surface area (Å²) in [7, 11) is 1.98. The lowest BCUT2D eigenvalue weighted by Gasteiger charge is -2.30. The zero-order chi connectivity index (χ0) is 12.3. The number of rotatable bonds is 3. The van der Waals surface area contributed by atoms with Crippen LogP contribution in [0, 0.1) is 0 Å². The van der Waals surface area contributed by atoms with E-state index in [0.29, 0.717) is 0 Å². The van der Waals surface area contributed by atoms with Gasteiger partial charge in [0.2, 0.25) is 0 Å². The van der Waals surface area contributed by atoms with Gasteiger partial charge in [0.05, 0.1) is 6.04 Å². The zero-order valence-electron chi connectivity index (χ0n) is 10.6. The van der Waals surface area contributed by atoms with E-state index in [1.807, 2.05) is 30.9 Å². The van der Waals surface area contributed by atoms with Gasteiger partial charge in [0.25, 0.3) is 0 Å². The van der Waals surface area contributed by atoms with Crippen molar-refractivity contribution in [2.24, 2.45) is 0 Å². The molecular formula is C14H19NOS. The number of benzene rings is 1. The fourth-order valence-corrected chi connectivity index (χ4v) is 3.00. The van der Waals surface area contributed by atoms with E-state index in [0.717, 1.165) is 11.5 Å². The Labute approximate surface area is 107 Å². The van der Waals surface area contributed by atoms with Gasteiger partial charge in [-0.3, -0.25) is 0 Å². The highest BCUT2D eigenvalue weighted by molar-refractivity contribution is 7.99. The van der Waals surface area contributed by atoms with Gasteiger partial charge in [-0.15, -0.1) is 11.8 Å². The molecule has 1 aliphatic heterocycles. The molecule has 0 aliphatic carbocycles. The van der Waals surface area contributed by atoms with Gasteiger partial charge in [0.15, 0.2) is 0 Å². The maximum atomic E-state index is 6.06. The molecule has 0 aromatic heterocycles. The van der Waals surface area contributed by atoms with Crippen molar-refractivity contribution in [3.05, 3.63) is 35.9 Å². The topological polar surface area (TPSA) is 21.3 Å². The Balaban J connectivity index is 2.13. The maximum absolute atomic E-state index is 6.06. The van der Waals surface area contributed by atoms with Crippen LogP contribution < -0.4 is 10.1 Å². The van der Waals surface area contributed by atoms with Crippen molar-refractivity contribution < 1.29 is 4.74 Å². The summed E-state index contributed by atoms with van der Waals surface area (Å²) in [4.78, 5) is 1.25. The molecule has 0 saturated heterocycles. The number of fused-ring (bicyclic) bond motifs is 1. The highest BCUT2D eigenvalue weighted by Crippen LogP contribution is 2.35. The van der Waals surface area contributed by atoms with Crippen LogP contribution in [0.3, 0.4) is 0 Å². The van der Waals surface area contributed by atoms with E-state index in [1.165, 1.54) is 10.5 Å². The lowest BCUT2D eigenvalue weighted by molar-refractivity contribution is 0.188. The lowest BCUT2D eigenvalue weighted by atomic mass is 10.1. The highest BCUT2D eigenvalue weighted by atomic mass is 32.2. The molecule has 17 heavy (non-hydrogen) atoms. The minimum Gasteiger partial charge on any atom is -0.486 e. The second-order valence-electron chi connectivity index (χ2n) is 4.47. The summed E-state index contributed by atoms with van der Waals surface area (Å²) < 4.78 is 6.06. The summed E-state index contributed by atoms with van der Waals surface area (Å²) in [5.74, 6) is 2.00. The first-order valence-corrected chi connectivity index (χ1v) is 6.90. The van der Waals surface area contributed by atoms with Crippen molar-refractivity contribution in [1.82, 2.24) is 5.32 Å². The van der Waals surface area contributed by atoms with Crippen LogP contribution in [-0.2, 0) is 0 Å². The fraction of sp³-hybridized carbons (Fsp3) is 0.429. The molecular weight excluding hydrogens is 230 g/mol. The van der Waals surface area contributed by atoms with Gasteiger partial charge >= 0.3 is 0 Å². The molecule has 0 fully saturated rings. The van der Waals surface area contributed by atoms with Gasteiger partial charge < -0.3 is 10.1 Å².